The van der Waals surface area contributed by atoms with Gasteiger partial charge in [0.05, 0.1) is 31.4 Å². The van der Waals surface area contributed by atoms with Crippen LogP contribution in [0.5, 0.6) is 11.5 Å². The summed E-state index contributed by atoms with van der Waals surface area (Å²) in [5, 5.41) is 0. The van der Waals surface area contributed by atoms with E-state index in [1.807, 2.05) is 4.90 Å². The van der Waals surface area contributed by atoms with E-state index < -0.39 is 5.97 Å². The van der Waals surface area contributed by atoms with E-state index in [4.69, 9.17) is 14.2 Å². The highest BCUT2D eigenvalue weighted by molar-refractivity contribution is 7.07. The molecule has 0 radical (unpaired) electrons. The van der Waals surface area contributed by atoms with E-state index in [9.17, 15) is 14.4 Å². The van der Waals surface area contributed by atoms with Gasteiger partial charge in [-0.15, -0.1) is 11.3 Å². The SMILES string of the molecule is CCOC(=O)/C=c1\s/c(=C\c2cc(OC)cc(OC)c2)c(=O)n1CC(=O)N1CC(C)CC(C)C1. The second kappa shape index (κ2) is 11.4. The Morgan fingerprint density at radius 2 is 1.71 bits per heavy atom. The number of rotatable bonds is 7. The minimum absolute atomic E-state index is 0.130. The van der Waals surface area contributed by atoms with Gasteiger partial charge in [0.1, 0.15) is 22.7 Å². The van der Waals surface area contributed by atoms with Crippen molar-refractivity contribution in [1.29, 1.82) is 0 Å². The fraction of sp³-hybridized carbons (Fsp3) is 0.480. The van der Waals surface area contributed by atoms with Crippen molar-refractivity contribution in [3.8, 4) is 11.5 Å². The van der Waals surface area contributed by atoms with E-state index >= 15 is 0 Å². The van der Waals surface area contributed by atoms with Gasteiger partial charge >= 0.3 is 5.97 Å². The Hall–Kier alpha value is -3.07. The molecule has 184 valence electrons. The number of amides is 1. The standard InChI is InChI=1S/C25H32N2O6S/c1-6-33-24(29)12-23-27(15-22(28)26-13-16(2)7-17(3)14-26)25(30)21(34-23)10-18-8-19(31-4)11-20(9-18)32-5/h8-12,16-17H,6-7,13-15H2,1-5H3/b21-10-,23-12-. The molecule has 9 heteroatoms. The quantitative estimate of drug-likeness (QED) is 0.551. The number of thiazole rings is 1. The molecule has 1 amide bonds. The lowest BCUT2D eigenvalue weighted by Crippen LogP contribution is -2.46. The van der Waals surface area contributed by atoms with Crippen LogP contribution in [0.1, 0.15) is 32.8 Å². The first kappa shape index (κ1) is 25.6. The van der Waals surface area contributed by atoms with Crippen molar-refractivity contribution in [3.63, 3.8) is 0 Å². The summed E-state index contributed by atoms with van der Waals surface area (Å²) in [5.41, 5.74) is 0.364. The smallest absolute Gasteiger partial charge is 0.333 e. The number of piperidine rings is 1. The Morgan fingerprint density at radius 1 is 1.09 bits per heavy atom. The summed E-state index contributed by atoms with van der Waals surface area (Å²) in [6.45, 7) is 7.39. The highest BCUT2D eigenvalue weighted by Gasteiger charge is 2.26. The maximum absolute atomic E-state index is 13.3. The molecular formula is C25H32N2O6S. The molecule has 1 fully saturated rings. The maximum atomic E-state index is 13.3. The van der Waals surface area contributed by atoms with Gasteiger partial charge in [0.25, 0.3) is 5.56 Å². The molecule has 0 saturated carbocycles. The first-order valence-corrected chi connectivity index (χ1v) is 12.2. The fourth-order valence-corrected chi connectivity index (χ4v) is 5.27. The molecule has 1 aromatic carbocycles. The normalized spacial score (nSPS) is 19.3. The number of nitrogens with zero attached hydrogens (tertiary/aromatic N) is 2. The number of methoxy groups -OCH3 is 2. The van der Waals surface area contributed by atoms with Crippen LogP contribution in [-0.2, 0) is 20.9 Å². The number of carbonyl (C=O) groups is 2. The van der Waals surface area contributed by atoms with Gasteiger partial charge in [0, 0.05) is 19.2 Å². The Labute approximate surface area is 203 Å². The molecular weight excluding hydrogens is 456 g/mol. The van der Waals surface area contributed by atoms with Crippen LogP contribution in [0.3, 0.4) is 0 Å². The first-order valence-electron chi connectivity index (χ1n) is 11.3. The zero-order chi connectivity index (χ0) is 24.8. The Balaban J connectivity index is 2.05. The van der Waals surface area contributed by atoms with Gasteiger partial charge in [0.2, 0.25) is 5.91 Å². The number of likely N-dealkylation sites (tertiary alicyclic amines) is 1. The highest BCUT2D eigenvalue weighted by Crippen LogP contribution is 2.23. The molecule has 0 spiro atoms. The summed E-state index contributed by atoms with van der Waals surface area (Å²) in [6.07, 6.45) is 4.05. The third-order valence-electron chi connectivity index (χ3n) is 5.65. The lowest BCUT2D eigenvalue weighted by atomic mass is 9.92. The van der Waals surface area contributed by atoms with Gasteiger partial charge in [0.15, 0.2) is 0 Å². The molecule has 8 nitrogen and oxygen atoms in total. The summed E-state index contributed by atoms with van der Waals surface area (Å²) in [7, 11) is 3.11. The van der Waals surface area contributed by atoms with Crippen LogP contribution in [0.4, 0.5) is 0 Å². The fourth-order valence-electron chi connectivity index (χ4n) is 4.24. The molecule has 1 saturated heterocycles. The summed E-state index contributed by atoms with van der Waals surface area (Å²) in [4.78, 5) is 40.4. The van der Waals surface area contributed by atoms with Crippen LogP contribution in [0, 0.1) is 11.8 Å². The van der Waals surface area contributed by atoms with Crippen molar-refractivity contribution >= 4 is 35.4 Å². The van der Waals surface area contributed by atoms with Gasteiger partial charge in [-0.1, -0.05) is 13.8 Å². The summed E-state index contributed by atoms with van der Waals surface area (Å²) in [6, 6.07) is 5.30. The largest absolute Gasteiger partial charge is 0.497 e. The van der Waals surface area contributed by atoms with E-state index in [1.54, 1.807) is 45.4 Å². The van der Waals surface area contributed by atoms with Gasteiger partial charge in [-0.2, -0.15) is 0 Å². The van der Waals surface area contributed by atoms with Gasteiger partial charge in [-0.25, -0.2) is 4.79 Å². The molecule has 3 rings (SSSR count). The molecule has 2 aromatic rings. The third-order valence-corrected chi connectivity index (χ3v) is 6.71. The van der Waals surface area contributed by atoms with E-state index in [2.05, 4.69) is 13.8 Å². The van der Waals surface area contributed by atoms with Crippen molar-refractivity contribution in [2.75, 3.05) is 33.9 Å². The lowest BCUT2D eigenvalue weighted by molar-refractivity contribution is -0.136. The average molecular weight is 489 g/mol. The minimum Gasteiger partial charge on any atom is -0.497 e. The van der Waals surface area contributed by atoms with Crippen LogP contribution in [0.25, 0.3) is 12.2 Å². The van der Waals surface area contributed by atoms with Crippen molar-refractivity contribution in [3.05, 3.63) is 43.3 Å². The number of carbonyl (C=O) groups excluding carboxylic acids is 2. The second-order valence-electron chi connectivity index (χ2n) is 8.63. The molecule has 1 aromatic heterocycles. The second-order valence-corrected chi connectivity index (χ2v) is 9.69. The van der Waals surface area contributed by atoms with E-state index in [1.165, 1.54) is 10.6 Å². The molecule has 0 N–H and O–H groups in total. The summed E-state index contributed by atoms with van der Waals surface area (Å²) >= 11 is 1.14. The topological polar surface area (TPSA) is 87.1 Å². The van der Waals surface area contributed by atoms with Gasteiger partial charge in [-0.05, 0) is 49.0 Å². The predicted octanol–water partition coefficient (Wildman–Crippen LogP) is 1.60. The molecule has 1 aliphatic rings. The molecule has 2 unspecified atom stereocenters. The number of hydrogen-bond acceptors (Lipinski definition) is 7. The Kier molecular flexibility index (Phi) is 8.55. The molecule has 1 aliphatic heterocycles. The number of esters is 1. The number of benzene rings is 1. The van der Waals surface area contributed by atoms with Crippen molar-refractivity contribution < 1.29 is 23.8 Å². The summed E-state index contributed by atoms with van der Waals surface area (Å²) in [5.74, 6) is 1.30. The Morgan fingerprint density at radius 3 is 2.26 bits per heavy atom. The number of hydrogen-bond donors (Lipinski definition) is 0. The van der Waals surface area contributed by atoms with Crippen molar-refractivity contribution in [2.24, 2.45) is 11.8 Å². The van der Waals surface area contributed by atoms with E-state index in [-0.39, 0.29) is 24.6 Å². The monoisotopic (exact) mass is 488 g/mol. The van der Waals surface area contributed by atoms with Gasteiger partial charge in [-0.3, -0.25) is 14.2 Å². The van der Waals surface area contributed by atoms with E-state index in [0.717, 1.165) is 17.8 Å². The van der Waals surface area contributed by atoms with Crippen LogP contribution in [0.15, 0.2) is 23.0 Å². The number of ether oxygens (including phenoxy) is 3. The molecule has 34 heavy (non-hydrogen) atoms. The molecule has 0 bridgehead atoms. The number of aromatic nitrogens is 1. The first-order chi connectivity index (χ1) is 16.2. The van der Waals surface area contributed by atoms with E-state index in [0.29, 0.717) is 51.2 Å². The highest BCUT2D eigenvalue weighted by atomic mass is 32.1. The zero-order valence-electron chi connectivity index (χ0n) is 20.3. The summed E-state index contributed by atoms with van der Waals surface area (Å²) < 4.78 is 17.8. The minimum atomic E-state index is -0.556. The van der Waals surface area contributed by atoms with Gasteiger partial charge < -0.3 is 19.1 Å². The van der Waals surface area contributed by atoms with Crippen molar-refractivity contribution in [1.82, 2.24) is 9.47 Å². The zero-order valence-corrected chi connectivity index (χ0v) is 21.1. The Bertz CT molecular complexity index is 1180. The third kappa shape index (κ3) is 6.28. The lowest BCUT2D eigenvalue weighted by Gasteiger charge is -2.35. The van der Waals surface area contributed by atoms with Crippen LogP contribution in [-0.4, -0.2) is 55.3 Å². The maximum Gasteiger partial charge on any atom is 0.333 e. The predicted molar refractivity (Wildman–Crippen MR) is 132 cm³/mol. The molecule has 2 heterocycles. The molecule has 2 atom stereocenters. The van der Waals surface area contributed by atoms with Crippen LogP contribution < -0.4 is 24.2 Å². The molecule has 0 aliphatic carbocycles. The average Bonchev–Trinajstić information content (AvgIpc) is 3.06. The van der Waals surface area contributed by atoms with Crippen LogP contribution in [0.2, 0.25) is 0 Å². The van der Waals surface area contributed by atoms with Crippen LogP contribution >= 0.6 is 11.3 Å². The van der Waals surface area contributed by atoms with Crippen molar-refractivity contribution in [2.45, 2.75) is 33.7 Å².